The number of hydrogen-bond acceptors (Lipinski definition) is 6. The van der Waals surface area contributed by atoms with Crippen LogP contribution in [-0.4, -0.2) is 45.8 Å². The molecule has 2 heterocycles. The Morgan fingerprint density at radius 1 is 0.971 bits per heavy atom. The van der Waals surface area contributed by atoms with E-state index in [4.69, 9.17) is 29.2 Å². The van der Waals surface area contributed by atoms with Crippen molar-refractivity contribution in [3.63, 3.8) is 0 Å². The minimum Gasteiger partial charge on any atom is -0.495 e. The van der Waals surface area contributed by atoms with Crippen LogP contribution in [0.15, 0.2) is 47.3 Å². The van der Waals surface area contributed by atoms with Crippen molar-refractivity contribution >= 4 is 46.1 Å². The molecule has 0 saturated carbocycles. The summed E-state index contributed by atoms with van der Waals surface area (Å²) in [7, 11) is 1.56. The van der Waals surface area contributed by atoms with Crippen LogP contribution >= 0.6 is 35.8 Å². The molecule has 4 rings (SSSR count). The highest BCUT2D eigenvalue weighted by Gasteiger charge is 2.17. The van der Waals surface area contributed by atoms with Gasteiger partial charge in [-0.15, -0.1) is 0 Å². The Balaban J connectivity index is 0.000000429. The van der Waals surface area contributed by atoms with Gasteiger partial charge in [0.2, 0.25) is 0 Å². The van der Waals surface area contributed by atoms with Crippen LogP contribution in [0.25, 0.3) is 21.7 Å². The topological polar surface area (TPSA) is 55.2 Å². The molecule has 0 radical (unpaired) electrons. The highest BCUT2D eigenvalue weighted by molar-refractivity contribution is 7.73. The number of aromatic amines is 1. The number of benzene rings is 2. The molecule has 4 aromatic rings. The molecule has 0 aliphatic rings. The van der Waals surface area contributed by atoms with Crippen molar-refractivity contribution in [3.8, 4) is 17.1 Å². The van der Waals surface area contributed by atoms with Gasteiger partial charge in [-0.25, -0.2) is 4.57 Å². The zero-order chi connectivity index (χ0) is 25.7. The molecular weight excluding hydrogens is 497 g/mol. The normalized spacial score (nSPS) is 10.9. The van der Waals surface area contributed by atoms with Gasteiger partial charge in [0.1, 0.15) is 16.1 Å². The van der Waals surface area contributed by atoms with E-state index in [0.717, 1.165) is 11.3 Å². The number of para-hydroxylation sites is 2. The summed E-state index contributed by atoms with van der Waals surface area (Å²) in [6.45, 7) is 14.2. The summed E-state index contributed by atoms with van der Waals surface area (Å²) in [4.78, 5) is 18.9. The van der Waals surface area contributed by atoms with Gasteiger partial charge in [0, 0.05) is 5.69 Å². The number of H-pyrrole nitrogens is 1. The molecule has 0 atom stereocenters. The van der Waals surface area contributed by atoms with E-state index in [9.17, 15) is 4.79 Å². The molecule has 9 heteroatoms. The van der Waals surface area contributed by atoms with Crippen molar-refractivity contribution in [1.29, 1.82) is 0 Å². The third kappa shape index (κ3) is 5.64. The first-order valence-electron chi connectivity index (χ1n) is 11.6. The predicted molar refractivity (Wildman–Crippen MR) is 152 cm³/mol. The third-order valence-electron chi connectivity index (χ3n) is 6.05. The first kappa shape index (κ1) is 27.0. The van der Waals surface area contributed by atoms with Gasteiger partial charge < -0.3 is 14.6 Å². The van der Waals surface area contributed by atoms with E-state index < -0.39 is 0 Å². The van der Waals surface area contributed by atoms with Crippen molar-refractivity contribution in [2.45, 2.75) is 34.6 Å². The van der Waals surface area contributed by atoms with Crippen molar-refractivity contribution in [1.82, 2.24) is 19.0 Å². The van der Waals surface area contributed by atoms with Crippen LogP contribution in [0.2, 0.25) is 0 Å². The fourth-order valence-electron chi connectivity index (χ4n) is 3.79. The SMILES string of the molecule is CCN(CC)CC.COc1ccccc1-n1c(=S)[nH]c2c(sc(=S)n2-c2ccc(C)c(C)c2)c1=O. The maximum Gasteiger partial charge on any atom is 0.278 e. The van der Waals surface area contributed by atoms with E-state index >= 15 is 0 Å². The zero-order valence-electron chi connectivity index (χ0n) is 21.0. The lowest BCUT2D eigenvalue weighted by Gasteiger charge is -2.13. The van der Waals surface area contributed by atoms with E-state index in [0.29, 0.717) is 25.7 Å². The zero-order valence-corrected chi connectivity index (χ0v) is 23.5. The van der Waals surface area contributed by atoms with Crippen LogP contribution in [0.4, 0.5) is 0 Å². The molecule has 0 aliphatic heterocycles. The van der Waals surface area contributed by atoms with Crippen LogP contribution in [0.3, 0.4) is 0 Å². The molecule has 0 spiro atoms. The van der Waals surface area contributed by atoms with E-state index in [1.54, 1.807) is 19.2 Å². The van der Waals surface area contributed by atoms with Crippen LogP contribution in [0, 0.1) is 22.6 Å². The lowest BCUT2D eigenvalue weighted by molar-refractivity contribution is 0.321. The van der Waals surface area contributed by atoms with Gasteiger partial charge in [0.15, 0.2) is 8.73 Å². The molecule has 0 amide bonds. The highest BCUT2D eigenvalue weighted by atomic mass is 32.1. The molecule has 2 aromatic heterocycles. The number of ether oxygens (including phenoxy) is 1. The quantitative estimate of drug-likeness (QED) is 0.286. The van der Waals surface area contributed by atoms with E-state index in [-0.39, 0.29) is 10.3 Å². The molecule has 0 bridgehead atoms. The van der Waals surface area contributed by atoms with Crippen LogP contribution in [0.5, 0.6) is 5.75 Å². The molecule has 0 saturated heterocycles. The van der Waals surface area contributed by atoms with Gasteiger partial charge in [0.25, 0.3) is 5.56 Å². The van der Waals surface area contributed by atoms with Crippen molar-refractivity contribution in [2.75, 3.05) is 26.7 Å². The number of thiazole rings is 1. The molecule has 0 fully saturated rings. The number of fused-ring (bicyclic) bond motifs is 1. The average Bonchev–Trinajstić information content (AvgIpc) is 3.18. The Kier molecular flexibility index (Phi) is 9.18. The van der Waals surface area contributed by atoms with Gasteiger partial charge in [0.05, 0.1) is 12.8 Å². The van der Waals surface area contributed by atoms with Gasteiger partial charge in [-0.1, -0.05) is 50.3 Å². The average molecular weight is 529 g/mol. The number of aryl methyl sites for hydroxylation is 2. The number of rotatable bonds is 6. The van der Waals surface area contributed by atoms with Crippen molar-refractivity contribution < 1.29 is 4.74 Å². The van der Waals surface area contributed by atoms with E-state index in [1.165, 1.54) is 41.1 Å². The molecule has 6 nitrogen and oxygen atoms in total. The third-order valence-corrected chi connectivity index (χ3v) is 7.70. The molecule has 2 aromatic carbocycles. The monoisotopic (exact) mass is 528 g/mol. The lowest BCUT2D eigenvalue weighted by Crippen LogP contribution is -2.21. The standard InChI is InChI=1S/C20H17N3O2S3.C6H15N/c1-11-8-9-13(10-12(11)2)22-17-16(28-20(22)27)18(24)23(19(26)21-17)14-6-4-5-7-15(14)25-3;1-4-7(5-2)6-3/h4-10H,1-3H3,(H,21,26);4-6H2,1-3H3. The molecule has 35 heavy (non-hydrogen) atoms. The number of methoxy groups -OCH3 is 1. The summed E-state index contributed by atoms with van der Waals surface area (Å²) < 4.78 is 10.1. The molecule has 186 valence electrons. The number of nitrogens with zero attached hydrogens (tertiary/aromatic N) is 3. The minimum atomic E-state index is -0.220. The summed E-state index contributed by atoms with van der Waals surface area (Å²) >= 11 is 12.4. The summed E-state index contributed by atoms with van der Waals surface area (Å²) in [5.41, 5.74) is 4.23. The second-order valence-corrected chi connectivity index (χ2v) is 10.0. The first-order chi connectivity index (χ1) is 16.8. The number of hydrogen-bond donors (Lipinski definition) is 1. The number of aromatic nitrogens is 3. The Bertz CT molecular complexity index is 1490. The lowest BCUT2D eigenvalue weighted by atomic mass is 10.1. The van der Waals surface area contributed by atoms with E-state index in [1.807, 2.05) is 35.8 Å². The second-order valence-electron chi connectivity index (χ2n) is 8.01. The van der Waals surface area contributed by atoms with Gasteiger partial charge in [-0.05, 0) is 93.3 Å². The van der Waals surface area contributed by atoms with Crippen LogP contribution in [0.1, 0.15) is 31.9 Å². The highest BCUT2D eigenvalue weighted by Crippen LogP contribution is 2.26. The minimum absolute atomic E-state index is 0.220. The van der Waals surface area contributed by atoms with Crippen molar-refractivity contribution in [3.05, 3.63) is 72.7 Å². The molecule has 1 N–H and O–H groups in total. The Morgan fingerprint density at radius 3 is 2.20 bits per heavy atom. The molecule has 0 aliphatic carbocycles. The van der Waals surface area contributed by atoms with Gasteiger partial charge >= 0.3 is 0 Å². The Hall–Kier alpha value is -2.59. The van der Waals surface area contributed by atoms with Crippen molar-refractivity contribution in [2.24, 2.45) is 0 Å². The van der Waals surface area contributed by atoms with E-state index in [2.05, 4.69) is 43.6 Å². The smallest absolute Gasteiger partial charge is 0.278 e. The summed E-state index contributed by atoms with van der Waals surface area (Å²) in [5, 5.41) is 0. The maximum absolute atomic E-state index is 13.3. The fraction of sp³-hybridized carbons (Fsp3) is 0.346. The summed E-state index contributed by atoms with van der Waals surface area (Å²) in [6, 6.07) is 13.4. The first-order valence-corrected chi connectivity index (χ1v) is 13.2. The fourth-order valence-corrected chi connectivity index (χ4v) is 5.39. The van der Waals surface area contributed by atoms with Crippen LogP contribution in [-0.2, 0) is 0 Å². The maximum atomic E-state index is 13.3. The molecule has 0 unspecified atom stereocenters. The number of nitrogens with one attached hydrogen (secondary N) is 1. The predicted octanol–water partition coefficient (Wildman–Crippen LogP) is 6.60. The second kappa shape index (κ2) is 11.9. The Morgan fingerprint density at radius 2 is 1.63 bits per heavy atom. The van der Waals surface area contributed by atoms with Gasteiger partial charge in [-0.2, -0.15) is 0 Å². The van der Waals surface area contributed by atoms with Gasteiger partial charge in [-0.3, -0.25) is 9.36 Å². The summed E-state index contributed by atoms with van der Waals surface area (Å²) in [6.07, 6.45) is 0. The Labute approximate surface area is 220 Å². The summed E-state index contributed by atoms with van der Waals surface area (Å²) in [5.74, 6) is 0.570. The largest absolute Gasteiger partial charge is 0.495 e. The van der Waals surface area contributed by atoms with Crippen LogP contribution < -0.4 is 10.3 Å². The molecular formula is C26H32N4O2S3.